The summed E-state index contributed by atoms with van der Waals surface area (Å²) < 4.78 is 23.7. The maximum atomic E-state index is 13.2. The van der Waals surface area contributed by atoms with E-state index in [4.69, 9.17) is 34.8 Å². The second-order valence-corrected chi connectivity index (χ2v) is 13.0. The van der Waals surface area contributed by atoms with Crippen molar-refractivity contribution in [2.45, 2.75) is 18.2 Å². The summed E-state index contributed by atoms with van der Waals surface area (Å²) in [5.41, 5.74) is 1.57. The van der Waals surface area contributed by atoms with E-state index in [0.717, 1.165) is 31.5 Å². The second kappa shape index (κ2) is 11.0. The highest BCUT2D eigenvalue weighted by molar-refractivity contribution is 7.90. The van der Waals surface area contributed by atoms with Crippen LogP contribution < -0.4 is 4.90 Å². The summed E-state index contributed by atoms with van der Waals surface area (Å²) in [7, 11) is -3.51. The highest BCUT2D eigenvalue weighted by atomic mass is 35.5. The summed E-state index contributed by atoms with van der Waals surface area (Å²) in [6.07, 6.45) is 0.702. The normalized spacial score (nSPS) is 19.8. The molecule has 2 atom stereocenters. The fraction of sp³-hybridized carbons (Fsp3) is 0.440. The zero-order chi connectivity index (χ0) is 27.1. The van der Waals surface area contributed by atoms with Crippen LogP contribution >= 0.6 is 34.8 Å². The van der Waals surface area contributed by atoms with E-state index in [2.05, 4.69) is 4.90 Å². The molecule has 2 amide bonds. The number of amides is 2. The summed E-state index contributed by atoms with van der Waals surface area (Å²) in [5, 5.41) is 10.2. The van der Waals surface area contributed by atoms with Crippen LogP contribution in [-0.2, 0) is 9.84 Å². The zero-order valence-electron chi connectivity index (χ0n) is 20.5. The lowest BCUT2D eigenvalue weighted by Crippen LogP contribution is -2.35. The Hall–Kier alpha value is -2.04. The minimum Gasteiger partial charge on any atom is -0.465 e. The number of carboxylic acid groups (broad SMARTS) is 1. The van der Waals surface area contributed by atoms with Crippen LogP contribution in [0.25, 0.3) is 0 Å². The molecule has 200 valence electrons. The molecule has 0 bridgehead atoms. The molecule has 2 aromatic rings. The van der Waals surface area contributed by atoms with Crippen molar-refractivity contribution >= 4 is 62.3 Å². The Balaban J connectivity index is 1.32. The zero-order valence-corrected chi connectivity index (χ0v) is 23.5. The topological polar surface area (TPSA) is 98.2 Å². The van der Waals surface area contributed by atoms with Gasteiger partial charge < -0.3 is 14.9 Å². The van der Waals surface area contributed by atoms with Gasteiger partial charge >= 0.3 is 6.09 Å². The van der Waals surface area contributed by atoms with Gasteiger partial charge in [-0.3, -0.25) is 9.69 Å². The summed E-state index contributed by atoms with van der Waals surface area (Å²) in [5.74, 6) is 0.288. The lowest BCUT2D eigenvalue weighted by Gasteiger charge is -2.24. The highest BCUT2D eigenvalue weighted by Gasteiger charge is 2.42. The van der Waals surface area contributed by atoms with Crippen LogP contribution in [0.3, 0.4) is 0 Å². The molecule has 0 radical (unpaired) electrons. The number of rotatable bonds is 7. The van der Waals surface area contributed by atoms with Gasteiger partial charge in [-0.25, -0.2) is 13.2 Å². The second-order valence-electron chi connectivity index (χ2n) is 9.75. The Kier molecular flexibility index (Phi) is 8.30. The number of likely N-dealkylation sites (tertiary alicyclic amines) is 2. The molecule has 2 fully saturated rings. The van der Waals surface area contributed by atoms with Crippen LogP contribution in [0.15, 0.2) is 35.2 Å². The van der Waals surface area contributed by atoms with Crippen molar-refractivity contribution in [1.29, 1.82) is 0 Å². The van der Waals surface area contributed by atoms with Gasteiger partial charge in [0.1, 0.15) is 0 Å². The van der Waals surface area contributed by atoms with Gasteiger partial charge in [0.2, 0.25) is 0 Å². The SMILES string of the molecule is Cc1ccc(N(CCCN2CC3CN(C(=O)c4c(Cl)cc(S(C)(=O)=O)cc4Cl)CC3C2)C(=O)O)cc1Cl. The minimum atomic E-state index is -3.51. The van der Waals surface area contributed by atoms with E-state index in [1.54, 1.807) is 17.0 Å². The van der Waals surface area contributed by atoms with Crippen molar-refractivity contribution in [3.05, 3.63) is 56.5 Å². The number of hydrogen-bond donors (Lipinski definition) is 1. The number of aryl methyl sites for hydroxylation is 1. The summed E-state index contributed by atoms with van der Waals surface area (Å²) in [6, 6.07) is 7.76. The molecule has 0 spiro atoms. The van der Waals surface area contributed by atoms with Gasteiger partial charge in [-0.2, -0.15) is 0 Å². The standard InChI is InChI=1S/C25H28Cl3N3O5S/c1-15-4-5-18(8-20(15)26)31(25(33)34)7-3-6-29-11-16-13-30(14-17(16)12-29)24(32)23-21(27)9-19(10-22(23)28)37(2,35)36/h4-5,8-10,16-17H,3,6-7,11-14H2,1-2H3,(H,33,34). The van der Waals surface area contributed by atoms with E-state index in [9.17, 15) is 23.1 Å². The average Bonchev–Trinajstić information content (AvgIpc) is 3.36. The Morgan fingerprint density at radius 1 is 1.00 bits per heavy atom. The molecule has 2 heterocycles. The number of benzene rings is 2. The predicted octanol–water partition coefficient (Wildman–Crippen LogP) is 4.94. The summed E-state index contributed by atoms with van der Waals surface area (Å²) in [6.45, 7) is 5.71. The van der Waals surface area contributed by atoms with Gasteiger partial charge in [0.25, 0.3) is 5.91 Å². The van der Waals surface area contributed by atoms with Crippen LogP contribution in [0, 0.1) is 18.8 Å². The monoisotopic (exact) mass is 587 g/mol. The number of fused-ring (bicyclic) bond motifs is 1. The number of sulfone groups is 1. The lowest BCUT2D eigenvalue weighted by molar-refractivity contribution is 0.0774. The van der Waals surface area contributed by atoms with Gasteiger partial charge in [0.05, 0.1) is 20.5 Å². The Bertz CT molecular complexity index is 1300. The third kappa shape index (κ3) is 6.17. The number of nitrogens with zero attached hydrogens (tertiary/aromatic N) is 3. The average molecular weight is 589 g/mol. The van der Waals surface area contributed by atoms with E-state index >= 15 is 0 Å². The predicted molar refractivity (Wildman–Crippen MR) is 145 cm³/mol. The molecule has 37 heavy (non-hydrogen) atoms. The van der Waals surface area contributed by atoms with Crippen molar-refractivity contribution in [3.63, 3.8) is 0 Å². The maximum absolute atomic E-state index is 13.2. The van der Waals surface area contributed by atoms with E-state index in [1.807, 2.05) is 13.0 Å². The molecule has 4 rings (SSSR count). The third-order valence-corrected chi connectivity index (χ3v) is 9.16. The van der Waals surface area contributed by atoms with Crippen molar-refractivity contribution in [1.82, 2.24) is 9.80 Å². The Morgan fingerprint density at radius 2 is 1.59 bits per heavy atom. The van der Waals surface area contributed by atoms with Crippen LogP contribution in [0.2, 0.25) is 15.1 Å². The molecular formula is C25H28Cl3N3O5S. The van der Waals surface area contributed by atoms with Crippen LogP contribution in [0.4, 0.5) is 10.5 Å². The molecule has 2 aliphatic rings. The Morgan fingerprint density at radius 3 is 2.11 bits per heavy atom. The minimum absolute atomic E-state index is 0.0226. The molecule has 2 saturated heterocycles. The number of carbonyl (C=O) groups is 2. The molecule has 2 aromatic carbocycles. The molecule has 0 saturated carbocycles. The van der Waals surface area contributed by atoms with E-state index in [0.29, 0.717) is 48.6 Å². The molecule has 0 aliphatic carbocycles. The van der Waals surface area contributed by atoms with Crippen LogP contribution in [0.1, 0.15) is 22.3 Å². The number of anilines is 1. The van der Waals surface area contributed by atoms with Gasteiger partial charge in [-0.1, -0.05) is 40.9 Å². The van der Waals surface area contributed by atoms with Crippen LogP contribution in [-0.4, -0.2) is 80.8 Å². The first-order chi connectivity index (χ1) is 17.3. The van der Waals surface area contributed by atoms with Crippen molar-refractivity contribution in [2.75, 3.05) is 50.4 Å². The lowest BCUT2D eigenvalue weighted by atomic mass is 10.0. The highest BCUT2D eigenvalue weighted by Crippen LogP contribution is 2.35. The molecular weight excluding hydrogens is 561 g/mol. The van der Waals surface area contributed by atoms with E-state index in [-0.39, 0.29) is 26.4 Å². The molecule has 0 aromatic heterocycles. The molecule has 12 heteroatoms. The molecule has 1 N–H and O–H groups in total. The largest absolute Gasteiger partial charge is 0.465 e. The third-order valence-electron chi connectivity index (χ3n) is 7.06. The quantitative estimate of drug-likeness (QED) is 0.492. The number of halogens is 3. The first kappa shape index (κ1) is 28.0. The summed E-state index contributed by atoms with van der Waals surface area (Å²) >= 11 is 18.7. The fourth-order valence-electron chi connectivity index (χ4n) is 5.10. The first-order valence-electron chi connectivity index (χ1n) is 11.8. The summed E-state index contributed by atoms with van der Waals surface area (Å²) in [4.78, 5) is 30.3. The van der Waals surface area contributed by atoms with E-state index in [1.165, 1.54) is 17.0 Å². The fourth-order valence-corrected chi connectivity index (χ4v) is 6.72. The van der Waals surface area contributed by atoms with Gasteiger partial charge in [0.15, 0.2) is 9.84 Å². The van der Waals surface area contributed by atoms with Crippen molar-refractivity contribution < 1.29 is 23.1 Å². The first-order valence-corrected chi connectivity index (χ1v) is 14.8. The molecule has 8 nitrogen and oxygen atoms in total. The van der Waals surface area contributed by atoms with Crippen LogP contribution in [0.5, 0.6) is 0 Å². The smallest absolute Gasteiger partial charge is 0.411 e. The maximum Gasteiger partial charge on any atom is 0.411 e. The van der Waals surface area contributed by atoms with Crippen molar-refractivity contribution in [2.24, 2.45) is 11.8 Å². The number of carbonyl (C=O) groups excluding carboxylic acids is 1. The van der Waals surface area contributed by atoms with Gasteiger partial charge in [-0.15, -0.1) is 0 Å². The number of hydrogen-bond acceptors (Lipinski definition) is 5. The van der Waals surface area contributed by atoms with E-state index < -0.39 is 15.9 Å². The molecule has 2 unspecified atom stereocenters. The Labute approximate surface area is 231 Å². The van der Waals surface area contributed by atoms with Gasteiger partial charge in [0, 0.05) is 49.7 Å². The van der Waals surface area contributed by atoms with Gasteiger partial charge in [-0.05, 0) is 61.6 Å². The van der Waals surface area contributed by atoms with Crippen molar-refractivity contribution in [3.8, 4) is 0 Å². The molecule has 2 aliphatic heterocycles.